The second-order valence-electron chi connectivity index (χ2n) is 13.0. The molecule has 270 valence electrons. The molecular formula is C41H62N4O4. The first-order valence-electron chi connectivity index (χ1n) is 17.7. The van der Waals surface area contributed by atoms with E-state index in [1.807, 2.05) is 62.3 Å². The van der Waals surface area contributed by atoms with Crippen molar-refractivity contribution in [1.82, 2.24) is 10.2 Å². The molecule has 1 aliphatic carbocycles. The third-order valence-corrected chi connectivity index (χ3v) is 8.38. The standard InChI is InChI=1S/C41H62N4O4/c1-31(21-15-12-13-20-28-45(6)38(43)30-42)22-16-14-17-23-32(2)29-35(5)40(48)33(3)24-18-10-8-7-9-11-19-25-34(4)41(49)44-39-36(46)26-27-37(39)47/h7-12,15-16,18-19,22,24-25,29,31-33,40,43,46,48H,13-14,17,20-21,23,26-28,30,42H2,1-6H3,(H,44,49)/b9-7+,10-8+,15-12+,19-11+,22-16+,24-18+,34-25+,35-29+,43-38?. The second-order valence-corrected chi connectivity index (χ2v) is 13.0. The number of hydrogen-bond donors (Lipinski definition) is 5. The molecule has 6 N–H and O–H groups in total. The molecule has 0 spiro atoms. The summed E-state index contributed by atoms with van der Waals surface area (Å²) in [6, 6.07) is 0. The molecule has 0 aromatic carbocycles. The summed E-state index contributed by atoms with van der Waals surface area (Å²) in [5, 5.41) is 30.7. The van der Waals surface area contributed by atoms with Gasteiger partial charge in [0, 0.05) is 37.9 Å². The molecule has 0 fully saturated rings. The molecule has 1 rings (SSSR count). The predicted octanol–water partition coefficient (Wildman–Crippen LogP) is 7.94. The number of carbonyl (C=O) groups is 2. The molecule has 49 heavy (non-hydrogen) atoms. The number of carbonyl (C=O) groups excluding carboxylic acids is 2. The summed E-state index contributed by atoms with van der Waals surface area (Å²) in [6.45, 7) is 11.3. The van der Waals surface area contributed by atoms with E-state index in [1.54, 1.807) is 25.2 Å². The van der Waals surface area contributed by atoms with Crippen LogP contribution in [0.15, 0.2) is 108 Å². The minimum atomic E-state index is -0.529. The third-order valence-electron chi connectivity index (χ3n) is 8.38. The highest BCUT2D eigenvalue weighted by molar-refractivity contribution is 6.04. The van der Waals surface area contributed by atoms with E-state index >= 15 is 0 Å². The monoisotopic (exact) mass is 674 g/mol. The molecule has 0 heterocycles. The molecule has 1 aliphatic rings. The van der Waals surface area contributed by atoms with E-state index in [4.69, 9.17) is 11.1 Å². The lowest BCUT2D eigenvalue weighted by Gasteiger charge is -2.18. The minimum absolute atomic E-state index is 0.00240. The predicted molar refractivity (Wildman–Crippen MR) is 205 cm³/mol. The van der Waals surface area contributed by atoms with Gasteiger partial charge in [-0.2, -0.15) is 0 Å². The van der Waals surface area contributed by atoms with Gasteiger partial charge in [-0.3, -0.25) is 15.0 Å². The Bertz CT molecular complexity index is 1330. The van der Waals surface area contributed by atoms with E-state index in [0.29, 0.717) is 29.8 Å². The highest BCUT2D eigenvalue weighted by atomic mass is 16.3. The maximum atomic E-state index is 12.2. The molecule has 0 radical (unpaired) electrons. The smallest absolute Gasteiger partial charge is 0.251 e. The Morgan fingerprint density at radius 3 is 2.24 bits per heavy atom. The van der Waals surface area contributed by atoms with Crippen LogP contribution < -0.4 is 11.1 Å². The van der Waals surface area contributed by atoms with Crippen LogP contribution in [0, 0.1) is 23.2 Å². The van der Waals surface area contributed by atoms with Gasteiger partial charge < -0.3 is 26.2 Å². The van der Waals surface area contributed by atoms with Crippen LogP contribution >= 0.6 is 0 Å². The normalized spacial score (nSPS) is 17.5. The zero-order chi connectivity index (χ0) is 36.6. The van der Waals surface area contributed by atoms with Crippen LogP contribution in [-0.2, 0) is 9.59 Å². The second kappa shape index (κ2) is 25.0. The molecule has 0 bridgehead atoms. The number of likely N-dealkylation sites (N-methyl/N-ethyl adjacent to an activating group) is 1. The van der Waals surface area contributed by atoms with Gasteiger partial charge in [0.2, 0.25) is 0 Å². The van der Waals surface area contributed by atoms with Gasteiger partial charge in [-0.15, -0.1) is 0 Å². The van der Waals surface area contributed by atoms with Crippen LogP contribution in [0.25, 0.3) is 0 Å². The lowest BCUT2D eigenvalue weighted by Crippen LogP contribution is -2.32. The average molecular weight is 675 g/mol. The quantitative estimate of drug-likeness (QED) is 0.0197. The highest BCUT2D eigenvalue weighted by Crippen LogP contribution is 2.20. The molecule has 0 saturated carbocycles. The molecule has 0 saturated heterocycles. The summed E-state index contributed by atoms with van der Waals surface area (Å²) in [7, 11) is 1.92. The van der Waals surface area contributed by atoms with Gasteiger partial charge in [0.05, 0.1) is 12.6 Å². The van der Waals surface area contributed by atoms with E-state index < -0.39 is 12.0 Å². The molecular weight excluding hydrogens is 612 g/mol. The summed E-state index contributed by atoms with van der Waals surface area (Å²) in [5.41, 5.74) is 6.93. The van der Waals surface area contributed by atoms with E-state index in [2.05, 4.69) is 49.5 Å². The summed E-state index contributed by atoms with van der Waals surface area (Å²) in [6.07, 6.45) is 34.2. The zero-order valence-corrected chi connectivity index (χ0v) is 30.7. The van der Waals surface area contributed by atoms with Crippen molar-refractivity contribution in [3.05, 3.63) is 108 Å². The first kappa shape index (κ1) is 43.0. The van der Waals surface area contributed by atoms with Crippen molar-refractivity contribution in [3.8, 4) is 0 Å². The van der Waals surface area contributed by atoms with Gasteiger partial charge >= 0.3 is 0 Å². The largest absolute Gasteiger partial charge is 0.510 e. The topological polar surface area (TPSA) is 140 Å². The minimum Gasteiger partial charge on any atom is -0.510 e. The molecule has 1 amide bonds. The lowest BCUT2D eigenvalue weighted by atomic mass is 9.93. The Balaban J connectivity index is 2.32. The van der Waals surface area contributed by atoms with Gasteiger partial charge in [0.15, 0.2) is 5.78 Å². The first-order chi connectivity index (χ1) is 23.4. The number of ketones is 1. The number of Topliss-reactive ketones (excluding diaryl/α,β-unsaturated/α-hetero) is 1. The summed E-state index contributed by atoms with van der Waals surface area (Å²) in [5.74, 6) is 0.655. The molecule has 0 aromatic rings. The van der Waals surface area contributed by atoms with Crippen LogP contribution in [0.4, 0.5) is 0 Å². The van der Waals surface area contributed by atoms with E-state index in [0.717, 1.165) is 50.6 Å². The number of amides is 1. The summed E-state index contributed by atoms with van der Waals surface area (Å²) < 4.78 is 0. The Labute approximate surface area is 295 Å². The number of nitrogens with two attached hydrogens (primary N) is 1. The number of allylic oxidation sites excluding steroid dienone is 15. The number of unbranched alkanes of at least 4 members (excludes halogenated alkanes) is 2. The fourth-order valence-corrected chi connectivity index (χ4v) is 5.11. The lowest BCUT2D eigenvalue weighted by molar-refractivity contribution is -0.120. The fraction of sp³-hybridized carbons (Fsp3) is 0.488. The van der Waals surface area contributed by atoms with Crippen molar-refractivity contribution >= 4 is 17.5 Å². The zero-order valence-electron chi connectivity index (χ0n) is 30.7. The van der Waals surface area contributed by atoms with Gasteiger partial charge in [-0.1, -0.05) is 106 Å². The van der Waals surface area contributed by atoms with E-state index in [1.165, 1.54) is 0 Å². The van der Waals surface area contributed by atoms with E-state index in [-0.39, 0.29) is 36.0 Å². The van der Waals surface area contributed by atoms with Crippen LogP contribution in [0.3, 0.4) is 0 Å². The van der Waals surface area contributed by atoms with Crippen LogP contribution in [0.5, 0.6) is 0 Å². The number of nitrogens with one attached hydrogen (secondary N) is 2. The van der Waals surface area contributed by atoms with Crippen molar-refractivity contribution in [2.24, 2.45) is 23.5 Å². The molecule has 0 aliphatic heterocycles. The van der Waals surface area contributed by atoms with Crippen molar-refractivity contribution in [2.75, 3.05) is 20.1 Å². The number of rotatable bonds is 22. The molecule has 8 heteroatoms. The SMILES string of the molecule is C\C(=C/C=C/C=C/C=C/C=C/C(C)C(O)/C(C)=C/C(C)CCC/C=C/C(C)C/C=C/CCCN(C)C(=N)CN)C(=O)NC1=C(O)CCC1=O. The van der Waals surface area contributed by atoms with Gasteiger partial charge in [0.25, 0.3) is 5.91 Å². The van der Waals surface area contributed by atoms with Crippen LogP contribution in [0.1, 0.15) is 86.0 Å². The number of aliphatic hydroxyl groups is 2. The molecule has 4 unspecified atom stereocenters. The van der Waals surface area contributed by atoms with E-state index in [9.17, 15) is 19.8 Å². The highest BCUT2D eigenvalue weighted by Gasteiger charge is 2.24. The average Bonchev–Trinajstić information content (AvgIpc) is 3.39. The molecule has 0 aromatic heterocycles. The first-order valence-corrected chi connectivity index (χ1v) is 17.7. The maximum Gasteiger partial charge on any atom is 0.251 e. The van der Waals surface area contributed by atoms with Crippen LogP contribution in [0.2, 0.25) is 0 Å². The van der Waals surface area contributed by atoms with Gasteiger partial charge in [0.1, 0.15) is 17.3 Å². The maximum absolute atomic E-state index is 12.2. The van der Waals surface area contributed by atoms with Crippen molar-refractivity contribution in [3.63, 3.8) is 0 Å². The number of aliphatic hydroxyl groups excluding tert-OH is 2. The van der Waals surface area contributed by atoms with Crippen molar-refractivity contribution in [1.29, 1.82) is 5.41 Å². The molecule has 8 nitrogen and oxygen atoms in total. The van der Waals surface area contributed by atoms with Gasteiger partial charge in [-0.25, -0.2) is 0 Å². The third kappa shape index (κ3) is 18.9. The van der Waals surface area contributed by atoms with Crippen LogP contribution in [-0.4, -0.2) is 58.9 Å². The number of nitrogens with zero attached hydrogens (tertiary/aromatic N) is 1. The van der Waals surface area contributed by atoms with Crippen molar-refractivity contribution < 1.29 is 19.8 Å². The van der Waals surface area contributed by atoms with Crippen molar-refractivity contribution in [2.45, 2.75) is 92.1 Å². The molecule has 4 atom stereocenters. The Hall–Kier alpha value is -4.01. The number of amidine groups is 1. The fourth-order valence-electron chi connectivity index (χ4n) is 5.11. The summed E-state index contributed by atoms with van der Waals surface area (Å²) >= 11 is 0. The number of hydrogen-bond acceptors (Lipinski definition) is 6. The summed E-state index contributed by atoms with van der Waals surface area (Å²) in [4.78, 5) is 25.8. The Kier molecular flexibility index (Phi) is 22.0. The Morgan fingerprint density at radius 2 is 1.59 bits per heavy atom. The van der Waals surface area contributed by atoms with Gasteiger partial charge in [-0.05, 0) is 69.8 Å². The Morgan fingerprint density at radius 1 is 0.939 bits per heavy atom.